The zero-order chi connectivity index (χ0) is 10.4. The molecule has 0 spiro atoms. The van der Waals surface area contributed by atoms with Crippen molar-refractivity contribution in [2.24, 2.45) is 0 Å². The topological polar surface area (TPSA) is 68.3 Å². The number of carbonyl (C=O) groups excluding carboxylic acids is 2. The molecule has 0 aromatic carbocycles. The number of hydrogen-bond acceptors (Lipinski definition) is 5. The summed E-state index contributed by atoms with van der Waals surface area (Å²) in [6, 6.07) is 0. The van der Waals surface area contributed by atoms with Gasteiger partial charge in [-0.1, -0.05) is 0 Å². The van der Waals surface area contributed by atoms with Crippen molar-refractivity contribution in [2.75, 3.05) is 13.7 Å². The molecule has 1 rings (SSSR count). The van der Waals surface area contributed by atoms with Gasteiger partial charge in [0.05, 0.1) is 13.5 Å². The molecule has 0 bridgehead atoms. The molecule has 1 aromatic heterocycles. The zero-order valence-corrected chi connectivity index (χ0v) is 8.47. The van der Waals surface area contributed by atoms with Gasteiger partial charge in [0, 0.05) is 18.1 Å². The van der Waals surface area contributed by atoms with Crippen LogP contribution in [0.25, 0.3) is 0 Å². The number of rotatable bonds is 4. The van der Waals surface area contributed by atoms with Crippen molar-refractivity contribution in [1.29, 1.82) is 0 Å². The van der Waals surface area contributed by atoms with Crippen molar-refractivity contribution in [3.8, 4) is 0 Å². The van der Waals surface area contributed by atoms with Crippen molar-refractivity contribution in [3.63, 3.8) is 0 Å². The van der Waals surface area contributed by atoms with Crippen molar-refractivity contribution in [3.05, 3.63) is 16.6 Å². The Labute approximate surface area is 85.1 Å². The number of esters is 1. The Morgan fingerprint density at radius 1 is 1.64 bits per heavy atom. The molecule has 1 amide bonds. The summed E-state index contributed by atoms with van der Waals surface area (Å²) in [5.41, 5.74) is 0. The fourth-order valence-corrected chi connectivity index (χ4v) is 1.34. The molecule has 0 fully saturated rings. The minimum Gasteiger partial charge on any atom is -0.469 e. The normalized spacial score (nSPS) is 9.50. The molecule has 0 saturated heterocycles. The third kappa shape index (κ3) is 3.14. The van der Waals surface area contributed by atoms with Gasteiger partial charge in [0.2, 0.25) is 0 Å². The lowest BCUT2D eigenvalue weighted by molar-refractivity contribution is -0.140. The largest absolute Gasteiger partial charge is 0.469 e. The smallest absolute Gasteiger partial charge is 0.307 e. The summed E-state index contributed by atoms with van der Waals surface area (Å²) in [6.45, 7) is 0.269. The first-order valence-electron chi connectivity index (χ1n) is 3.98. The minimum atomic E-state index is -0.343. The number of hydrogen-bond donors (Lipinski definition) is 1. The first-order valence-corrected chi connectivity index (χ1v) is 4.86. The van der Waals surface area contributed by atoms with Crippen LogP contribution in [0.1, 0.15) is 16.2 Å². The summed E-state index contributed by atoms with van der Waals surface area (Å²) >= 11 is 1.26. The third-order valence-electron chi connectivity index (χ3n) is 1.47. The lowest BCUT2D eigenvalue weighted by atomic mass is 10.4. The maximum atomic E-state index is 11.3. The Morgan fingerprint density at radius 3 is 3.00 bits per heavy atom. The van der Waals surface area contributed by atoms with Gasteiger partial charge in [-0.2, -0.15) is 0 Å². The van der Waals surface area contributed by atoms with Crippen LogP contribution >= 0.6 is 11.3 Å². The van der Waals surface area contributed by atoms with Crippen LogP contribution in [0.5, 0.6) is 0 Å². The predicted octanol–water partition coefficient (Wildman–Crippen LogP) is 0.436. The first kappa shape index (κ1) is 10.6. The van der Waals surface area contributed by atoms with Crippen molar-refractivity contribution in [1.82, 2.24) is 10.3 Å². The van der Waals surface area contributed by atoms with Gasteiger partial charge < -0.3 is 10.1 Å². The second-order valence-corrected chi connectivity index (χ2v) is 3.31. The van der Waals surface area contributed by atoms with Crippen LogP contribution in [0.3, 0.4) is 0 Å². The summed E-state index contributed by atoms with van der Waals surface area (Å²) in [5.74, 6) is -0.603. The number of nitrogens with one attached hydrogen (secondary N) is 1. The van der Waals surface area contributed by atoms with Gasteiger partial charge in [-0.25, -0.2) is 4.98 Å². The zero-order valence-electron chi connectivity index (χ0n) is 7.65. The number of methoxy groups -OCH3 is 1. The molecule has 76 valence electrons. The van der Waals surface area contributed by atoms with E-state index in [9.17, 15) is 9.59 Å². The van der Waals surface area contributed by atoms with E-state index in [1.165, 1.54) is 18.4 Å². The first-order chi connectivity index (χ1) is 6.74. The van der Waals surface area contributed by atoms with E-state index in [-0.39, 0.29) is 24.8 Å². The number of amides is 1. The van der Waals surface area contributed by atoms with E-state index < -0.39 is 0 Å². The molecular weight excluding hydrogens is 204 g/mol. The van der Waals surface area contributed by atoms with Gasteiger partial charge in [-0.05, 0) is 0 Å². The minimum absolute atomic E-state index is 0.174. The average molecular weight is 214 g/mol. The highest BCUT2D eigenvalue weighted by atomic mass is 32.1. The molecule has 0 atom stereocenters. The molecule has 0 aliphatic heterocycles. The molecule has 1 heterocycles. The molecular formula is C8H10N2O3S. The van der Waals surface area contributed by atoms with E-state index in [2.05, 4.69) is 15.0 Å². The molecule has 0 saturated carbocycles. The van der Waals surface area contributed by atoms with Gasteiger partial charge in [0.25, 0.3) is 5.91 Å². The van der Waals surface area contributed by atoms with E-state index >= 15 is 0 Å². The Kier molecular flexibility index (Phi) is 4.06. The monoisotopic (exact) mass is 214 g/mol. The molecule has 5 nitrogen and oxygen atoms in total. The van der Waals surface area contributed by atoms with Crippen LogP contribution < -0.4 is 5.32 Å². The fraction of sp³-hybridized carbons (Fsp3) is 0.375. The summed E-state index contributed by atoms with van der Waals surface area (Å²) in [6.07, 6.45) is 1.73. The summed E-state index contributed by atoms with van der Waals surface area (Å²) in [5, 5.41) is 4.67. The van der Waals surface area contributed by atoms with E-state index in [1.807, 2.05) is 0 Å². The van der Waals surface area contributed by atoms with Crippen LogP contribution in [0, 0.1) is 0 Å². The van der Waals surface area contributed by atoms with Gasteiger partial charge in [-0.15, -0.1) is 11.3 Å². The summed E-state index contributed by atoms with van der Waals surface area (Å²) < 4.78 is 4.42. The molecule has 1 N–H and O–H groups in total. The number of thiazole rings is 1. The van der Waals surface area contributed by atoms with Gasteiger partial charge in [-0.3, -0.25) is 9.59 Å². The third-order valence-corrected chi connectivity index (χ3v) is 2.24. The van der Waals surface area contributed by atoms with Gasteiger partial charge in [0.15, 0.2) is 5.01 Å². The Hall–Kier alpha value is -1.43. The van der Waals surface area contributed by atoms with Crippen LogP contribution in [0.15, 0.2) is 11.6 Å². The second-order valence-electron chi connectivity index (χ2n) is 2.42. The average Bonchev–Trinajstić information content (AvgIpc) is 2.70. The van der Waals surface area contributed by atoms with Crippen LogP contribution in [0.4, 0.5) is 0 Å². The molecule has 6 heteroatoms. The van der Waals surface area contributed by atoms with Gasteiger partial charge >= 0.3 is 5.97 Å². The van der Waals surface area contributed by atoms with Crippen LogP contribution in [-0.4, -0.2) is 30.5 Å². The highest BCUT2D eigenvalue weighted by Gasteiger charge is 2.08. The lowest BCUT2D eigenvalue weighted by Crippen LogP contribution is -2.26. The SMILES string of the molecule is COC(=O)CCNC(=O)c1nccs1. The maximum Gasteiger partial charge on any atom is 0.307 e. The fourth-order valence-electron chi connectivity index (χ4n) is 0.791. The highest BCUT2D eigenvalue weighted by molar-refractivity contribution is 7.11. The summed E-state index contributed by atoms with van der Waals surface area (Å²) in [4.78, 5) is 25.8. The molecule has 14 heavy (non-hydrogen) atoms. The standard InChI is InChI=1S/C8H10N2O3S/c1-13-6(11)2-3-9-7(12)8-10-4-5-14-8/h4-5H,2-3H2,1H3,(H,9,12). The molecule has 1 aromatic rings. The lowest BCUT2D eigenvalue weighted by Gasteiger charge is -2.00. The van der Waals surface area contributed by atoms with Crippen LogP contribution in [0.2, 0.25) is 0 Å². The molecule has 0 aliphatic rings. The number of ether oxygens (including phenoxy) is 1. The van der Waals surface area contributed by atoms with Crippen molar-refractivity contribution in [2.45, 2.75) is 6.42 Å². The maximum absolute atomic E-state index is 11.3. The van der Waals surface area contributed by atoms with E-state index in [0.29, 0.717) is 5.01 Å². The van der Waals surface area contributed by atoms with E-state index in [0.717, 1.165) is 0 Å². The number of aromatic nitrogens is 1. The second kappa shape index (κ2) is 5.33. The van der Waals surface area contributed by atoms with E-state index in [1.54, 1.807) is 11.6 Å². The summed E-state index contributed by atoms with van der Waals surface area (Å²) in [7, 11) is 1.31. The number of nitrogens with zero attached hydrogens (tertiary/aromatic N) is 1. The van der Waals surface area contributed by atoms with E-state index in [4.69, 9.17) is 0 Å². The molecule has 0 unspecified atom stereocenters. The van der Waals surface area contributed by atoms with Crippen molar-refractivity contribution >= 4 is 23.2 Å². The number of carbonyl (C=O) groups is 2. The predicted molar refractivity (Wildman–Crippen MR) is 51.1 cm³/mol. The van der Waals surface area contributed by atoms with Crippen LogP contribution in [-0.2, 0) is 9.53 Å². The molecule has 0 aliphatic carbocycles. The highest BCUT2D eigenvalue weighted by Crippen LogP contribution is 2.02. The molecule has 0 radical (unpaired) electrons. The Morgan fingerprint density at radius 2 is 2.43 bits per heavy atom. The van der Waals surface area contributed by atoms with Gasteiger partial charge in [0.1, 0.15) is 0 Å². The Bertz CT molecular complexity index is 310. The quantitative estimate of drug-likeness (QED) is 0.738. The Balaban J connectivity index is 2.26. The van der Waals surface area contributed by atoms with Crippen molar-refractivity contribution < 1.29 is 14.3 Å².